The van der Waals surface area contributed by atoms with Crippen molar-refractivity contribution in [1.29, 1.82) is 5.41 Å². The van der Waals surface area contributed by atoms with Crippen LogP contribution >= 0.6 is 0 Å². The zero-order valence-corrected chi connectivity index (χ0v) is 20.0. The van der Waals surface area contributed by atoms with Gasteiger partial charge in [-0.2, -0.15) is 0 Å². The molecule has 6 heteroatoms. The van der Waals surface area contributed by atoms with Gasteiger partial charge in [-0.1, -0.05) is 50.2 Å². The highest BCUT2D eigenvalue weighted by atomic mass is 16.5. The first-order valence-corrected chi connectivity index (χ1v) is 11.5. The summed E-state index contributed by atoms with van der Waals surface area (Å²) in [5.74, 6) is -1.16. The molecule has 2 N–H and O–H groups in total. The first kappa shape index (κ1) is 25.0. The van der Waals surface area contributed by atoms with E-state index < -0.39 is 11.9 Å². The van der Waals surface area contributed by atoms with Gasteiger partial charge in [-0.3, -0.25) is 9.59 Å². The van der Waals surface area contributed by atoms with E-state index in [-0.39, 0.29) is 23.8 Å². The maximum Gasteiger partial charge on any atom is 0.308 e. The van der Waals surface area contributed by atoms with E-state index >= 15 is 0 Å². The maximum atomic E-state index is 12.9. The summed E-state index contributed by atoms with van der Waals surface area (Å²) in [6.07, 6.45) is 4.43. The number of nitrogens with zero attached hydrogens (tertiary/aromatic N) is 1. The predicted octanol–water partition coefficient (Wildman–Crippen LogP) is 5.42. The fourth-order valence-electron chi connectivity index (χ4n) is 3.89. The molecule has 2 aromatic carbocycles. The first-order valence-electron chi connectivity index (χ1n) is 11.5. The molecule has 3 aromatic rings. The van der Waals surface area contributed by atoms with E-state index in [0.29, 0.717) is 19.6 Å². The number of Topliss-reactive ketones (excluding diaryl/α,β-unsaturated/α-hetero) is 1. The van der Waals surface area contributed by atoms with Crippen LogP contribution in [-0.4, -0.2) is 27.1 Å². The Labute approximate surface area is 200 Å². The van der Waals surface area contributed by atoms with Crippen molar-refractivity contribution in [1.82, 2.24) is 4.57 Å². The van der Waals surface area contributed by atoms with Gasteiger partial charge in [0, 0.05) is 31.3 Å². The van der Waals surface area contributed by atoms with Crippen molar-refractivity contribution in [2.24, 2.45) is 5.92 Å². The molecular formula is C28H32N2O4. The Morgan fingerprint density at radius 2 is 1.79 bits per heavy atom. The number of carboxylic acid groups (broad SMARTS) is 1. The molecule has 34 heavy (non-hydrogen) atoms. The van der Waals surface area contributed by atoms with Crippen LogP contribution in [0.4, 0.5) is 0 Å². The van der Waals surface area contributed by atoms with Crippen molar-refractivity contribution in [3.05, 3.63) is 89.2 Å². The summed E-state index contributed by atoms with van der Waals surface area (Å²) in [6.45, 7) is 6.50. The lowest BCUT2D eigenvalue weighted by atomic mass is 9.89. The minimum absolute atomic E-state index is 0.0754. The van der Waals surface area contributed by atoms with Crippen LogP contribution in [-0.2, 0) is 29.2 Å². The summed E-state index contributed by atoms with van der Waals surface area (Å²) in [4.78, 5) is 24.0. The molecule has 0 radical (unpaired) electrons. The molecule has 0 bridgehead atoms. The standard InChI is InChI=1S/C28H32N2O4/c1-4-25(22-13-14-30(17-22)16-20(3)28(32)33)27(29)26(31)15-21-9-11-24(12-10-21)34-18-23-8-6-5-7-19(23)2/h5-14,17,20,25,29H,4,15-16,18H2,1-3H3,(H,32,33). The Morgan fingerprint density at radius 3 is 2.44 bits per heavy atom. The quantitative estimate of drug-likeness (QED) is 0.353. The van der Waals surface area contributed by atoms with Crippen LogP contribution in [0.1, 0.15) is 48.4 Å². The minimum atomic E-state index is -0.850. The summed E-state index contributed by atoms with van der Waals surface area (Å²) in [5, 5.41) is 17.6. The van der Waals surface area contributed by atoms with E-state index in [2.05, 4.69) is 13.0 Å². The van der Waals surface area contributed by atoms with E-state index in [1.165, 1.54) is 5.56 Å². The van der Waals surface area contributed by atoms with Crippen molar-refractivity contribution < 1.29 is 19.4 Å². The number of aliphatic carboxylic acids is 1. The number of hydrogen-bond acceptors (Lipinski definition) is 4. The van der Waals surface area contributed by atoms with Crippen molar-refractivity contribution >= 4 is 17.5 Å². The van der Waals surface area contributed by atoms with Crippen LogP contribution < -0.4 is 4.74 Å². The maximum absolute atomic E-state index is 12.9. The monoisotopic (exact) mass is 460 g/mol. The molecule has 2 atom stereocenters. The molecule has 0 saturated carbocycles. The minimum Gasteiger partial charge on any atom is -0.489 e. The van der Waals surface area contributed by atoms with Gasteiger partial charge in [0.05, 0.1) is 11.6 Å². The second-order valence-electron chi connectivity index (χ2n) is 8.71. The number of aromatic nitrogens is 1. The van der Waals surface area contributed by atoms with Crippen LogP contribution in [0.5, 0.6) is 5.75 Å². The Kier molecular flexibility index (Phi) is 8.41. The molecule has 3 rings (SSSR count). The number of ketones is 1. The van der Waals surface area contributed by atoms with Crippen LogP contribution in [0.15, 0.2) is 67.0 Å². The zero-order valence-electron chi connectivity index (χ0n) is 20.0. The lowest BCUT2D eigenvalue weighted by Crippen LogP contribution is -2.23. The van der Waals surface area contributed by atoms with Crippen LogP contribution in [0.25, 0.3) is 0 Å². The summed E-state index contributed by atoms with van der Waals surface area (Å²) in [7, 11) is 0. The molecule has 0 aliphatic rings. The number of ether oxygens (including phenoxy) is 1. The van der Waals surface area contributed by atoms with Crippen LogP contribution in [0.3, 0.4) is 0 Å². The summed E-state index contributed by atoms with van der Waals surface area (Å²) < 4.78 is 7.68. The number of nitrogens with one attached hydrogen (secondary N) is 1. The Balaban J connectivity index is 1.58. The SMILES string of the molecule is CCC(C(=N)C(=O)Cc1ccc(OCc2ccccc2C)cc1)c1ccn(CC(C)C(=O)O)c1. The van der Waals surface area contributed by atoms with Gasteiger partial charge in [-0.05, 0) is 53.8 Å². The average Bonchev–Trinajstić information content (AvgIpc) is 3.27. The van der Waals surface area contributed by atoms with Crippen LogP contribution in [0.2, 0.25) is 0 Å². The largest absolute Gasteiger partial charge is 0.489 e. The number of carboxylic acids is 1. The fraction of sp³-hybridized carbons (Fsp3) is 0.321. The third kappa shape index (κ3) is 6.44. The lowest BCUT2D eigenvalue weighted by Gasteiger charge is -2.15. The van der Waals surface area contributed by atoms with E-state index in [1.807, 2.05) is 72.4 Å². The van der Waals surface area contributed by atoms with Gasteiger partial charge < -0.3 is 19.8 Å². The number of carbonyl (C=O) groups is 2. The third-order valence-corrected chi connectivity index (χ3v) is 6.08. The summed E-state index contributed by atoms with van der Waals surface area (Å²) >= 11 is 0. The molecule has 0 spiro atoms. The van der Waals surface area contributed by atoms with E-state index in [9.17, 15) is 9.59 Å². The molecular weight excluding hydrogens is 428 g/mol. The zero-order chi connectivity index (χ0) is 24.7. The van der Waals surface area contributed by atoms with Crippen molar-refractivity contribution in [2.45, 2.75) is 52.7 Å². The molecule has 0 amide bonds. The normalized spacial score (nSPS) is 12.7. The second kappa shape index (κ2) is 11.5. The molecule has 1 aromatic heterocycles. The number of rotatable bonds is 12. The number of benzene rings is 2. The Hall–Kier alpha value is -3.67. The van der Waals surface area contributed by atoms with Gasteiger partial charge in [0.15, 0.2) is 5.78 Å². The first-order chi connectivity index (χ1) is 16.3. The molecule has 0 saturated heterocycles. The smallest absolute Gasteiger partial charge is 0.308 e. The topological polar surface area (TPSA) is 92.4 Å². The van der Waals surface area contributed by atoms with Crippen molar-refractivity contribution in [3.8, 4) is 5.75 Å². The Morgan fingerprint density at radius 1 is 1.09 bits per heavy atom. The van der Waals surface area contributed by atoms with E-state index in [1.54, 1.807) is 6.92 Å². The van der Waals surface area contributed by atoms with Crippen LogP contribution in [0, 0.1) is 18.3 Å². The molecule has 1 heterocycles. The molecule has 6 nitrogen and oxygen atoms in total. The summed E-state index contributed by atoms with van der Waals surface area (Å²) in [5.41, 5.74) is 4.08. The highest BCUT2D eigenvalue weighted by Gasteiger charge is 2.23. The average molecular weight is 461 g/mol. The molecule has 178 valence electrons. The van der Waals surface area contributed by atoms with Gasteiger partial charge in [-0.25, -0.2) is 0 Å². The van der Waals surface area contributed by atoms with Gasteiger partial charge >= 0.3 is 5.97 Å². The third-order valence-electron chi connectivity index (χ3n) is 6.08. The van der Waals surface area contributed by atoms with Gasteiger partial charge in [0.2, 0.25) is 0 Å². The summed E-state index contributed by atoms with van der Waals surface area (Å²) in [6, 6.07) is 17.4. The van der Waals surface area contributed by atoms with Gasteiger partial charge in [0.1, 0.15) is 12.4 Å². The van der Waals surface area contributed by atoms with E-state index in [0.717, 1.165) is 22.4 Å². The van der Waals surface area contributed by atoms with Gasteiger partial charge in [-0.15, -0.1) is 0 Å². The number of hydrogen-bond donors (Lipinski definition) is 2. The molecule has 2 unspecified atom stereocenters. The highest BCUT2D eigenvalue weighted by Crippen LogP contribution is 2.23. The lowest BCUT2D eigenvalue weighted by molar-refractivity contribution is -0.141. The second-order valence-corrected chi connectivity index (χ2v) is 8.71. The molecule has 0 aliphatic heterocycles. The van der Waals surface area contributed by atoms with Crippen molar-refractivity contribution in [2.75, 3.05) is 0 Å². The fourth-order valence-corrected chi connectivity index (χ4v) is 3.89. The Bertz CT molecular complexity index is 1150. The number of carbonyl (C=O) groups excluding carboxylic acids is 1. The molecule has 0 aliphatic carbocycles. The molecule has 0 fully saturated rings. The van der Waals surface area contributed by atoms with Crippen molar-refractivity contribution in [3.63, 3.8) is 0 Å². The predicted molar refractivity (Wildman–Crippen MR) is 133 cm³/mol. The van der Waals surface area contributed by atoms with Gasteiger partial charge in [0.25, 0.3) is 0 Å². The van der Waals surface area contributed by atoms with E-state index in [4.69, 9.17) is 15.3 Å². The highest BCUT2D eigenvalue weighted by molar-refractivity contribution is 6.41. The number of aryl methyl sites for hydroxylation is 1.